The smallest absolute Gasteiger partial charge is 0.352 e. The molecule has 2 heterocycles. The SMILES string of the molecule is Cc1cnc(Cn2cc(Br)cc2C(=O)O)s1. The third kappa shape index (κ3) is 2.33. The molecule has 0 atom stereocenters. The maximum atomic E-state index is 11.0. The minimum Gasteiger partial charge on any atom is -0.477 e. The lowest BCUT2D eigenvalue weighted by atomic mass is 10.4. The van der Waals surface area contributed by atoms with Gasteiger partial charge in [-0.15, -0.1) is 11.3 Å². The number of rotatable bonds is 3. The van der Waals surface area contributed by atoms with Crippen LogP contribution in [0.15, 0.2) is 22.9 Å². The molecule has 0 aliphatic heterocycles. The van der Waals surface area contributed by atoms with Crippen molar-refractivity contribution in [2.24, 2.45) is 0 Å². The third-order valence-corrected chi connectivity index (χ3v) is 3.39. The third-order valence-electron chi connectivity index (χ3n) is 2.06. The molecular formula is C10H9BrN2O2S. The van der Waals surface area contributed by atoms with E-state index in [-0.39, 0.29) is 5.69 Å². The number of aromatic carboxylic acids is 1. The van der Waals surface area contributed by atoms with Gasteiger partial charge in [-0.05, 0) is 28.9 Å². The van der Waals surface area contributed by atoms with Crippen LogP contribution in [-0.4, -0.2) is 20.6 Å². The van der Waals surface area contributed by atoms with E-state index in [9.17, 15) is 4.79 Å². The van der Waals surface area contributed by atoms with Gasteiger partial charge in [0.25, 0.3) is 0 Å². The minimum absolute atomic E-state index is 0.264. The fourth-order valence-electron chi connectivity index (χ4n) is 1.40. The van der Waals surface area contributed by atoms with E-state index in [1.165, 1.54) is 0 Å². The van der Waals surface area contributed by atoms with Gasteiger partial charge in [0, 0.05) is 21.7 Å². The number of nitrogens with zero attached hydrogens (tertiary/aromatic N) is 2. The van der Waals surface area contributed by atoms with Gasteiger partial charge >= 0.3 is 5.97 Å². The molecule has 2 aromatic heterocycles. The molecule has 0 aliphatic rings. The van der Waals surface area contributed by atoms with Crippen LogP contribution in [0, 0.1) is 6.92 Å². The average molecular weight is 301 g/mol. The molecule has 0 fully saturated rings. The van der Waals surface area contributed by atoms with Crippen LogP contribution in [0.1, 0.15) is 20.4 Å². The summed E-state index contributed by atoms with van der Waals surface area (Å²) >= 11 is 4.84. The van der Waals surface area contributed by atoms with Gasteiger partial charge in [0.1, 0.15) is 10.7 Å². The molecule has 1 N–H and O–H groups in total. The van der Waals surface area contributed by atoms with E-state index in [4.69, 9.17) is 5.11 Å². The van der Waals surface area contributed by atoms with E-state index >= 15 is 0 Å². The van der Waals surface area contributed by atoms with Gasteiger partial charge in [-0.3, -0.25) is 0 Å². The molecule has 0 saturated heterocycles. The standard InChI is InChI=1S/C10H9BrN2O2S/c1-6-3-12-9(16-6)5-13-4-7(11)2-8(13)10(14)15/h2-4H,5H2,1H3,(H,14,15). The molecular weight excluding hydrogens is 292 g/mol. The fourth-order valence-corrected chi connectivity index (χ4v) is 2.65. The average Bonchev–Trinajstić information content (AvgIpc) is 2.74. The Morgan fingerprint density at radius 2 is 2.44 bits per heavy atom. The molecule has 0 bridgehead atoms. The van der Waals surface area contributed by atoms with E-state index in [0.29, 0.717) is 6.54 Å². The molecule has 0 unspecified atom stereocenters. The predicted molar refractivity (Wildman–Crippen MR) is 65.0 cm³/mol. The molecule has 0 amide bonds. The molecule has 16 heavy (non-hydrogen) atoms. The van der Waals surface area contributed by atoms with Crippen LogP contribution >= 0.6 is 27.3 Å². The number of carbonyl (C=O) groups is 1. The lowest BCUT2D eigenvalue weighted by molar-refractivity contribution is 0.0685. The number of carboxylic acids is 1. The number of carboxylic acid groups (broad SMARTS) is 1. The maximum Gasteiger partial charge on any atom is 0.352 e. The summed E-state index contributed by atoms with van der Waals surface area (Å²) in [6.45, 7) is 2.47. The van der Waals surface area contributed by atoms with Gasteiger partial charge in [0.15, 0.2) is 0 Å². The van der Waals surface area contributed by atoms with Gasteiger partial charge in [0.2, 0.25) is 0 Å². The first kappa shape index (κ1) is 11.3. The molecule has 2 rings (SSSR count). The monoisotopic (exact) mass is 300 g/mol. The van der Waals surface area contributed by atoms with Crippen LogP contribution in [0.3, 0.4) is 0 Å². The Morgan fingerprint density at radius 3 is 3.00 bits per heavy atom. The largest absolute Gasteiger partial charge is 0.477 e. The second-order valence-corrected chi connectivity index (χ2v) is 5.58. The molecule has 0 aromatic carbocycles. The molecule has 0 aliphatic carbocycles. The van der Waals surface area contributed by atoms with Gasteiger partial charge in [-0.25, -0.2) is 9.78 Å². The van der Waals surface area contributed by atoms with Gasteiger partial charge in [-0.2, -0.15) is 0 Å². The van der Waals surface area contributed by atoms with E-state index in [1.807, 2.05) is 6.92 Å². The second kappa shape index (κ2) is 4.39. The Kier molecular flexibility index (Phi) is 3.11. The number of aromatic nitrogens is 2. The Morgan fingerprint density at radius 1 is 1.69 bits per heavy atom. The summed E-state index contributed by atoms with van der Waals surface area (Å²) in [6.07, 6.45) is 3.54. The van der Waals surface area contributed by atoms with Crippen molar-refractivity contribution in [2.45, 2.75) is 13.5 Å². The molecule has 6 heteroatoms. The summed E-state index contributed by atoms with van der Waals surface area (Å²) in [5, 5.41) is 9.91. The molecule has 4 nitrogen and oxygen atoms in total. The summed E-state index contributed by atoms with van der Waals surface area (Å²) < 4.78 is 2.43. The highest BCUT2D eigenvalue weighted by Crippen LogP contribution is 2.18. The van der Waals surface area contributed by atoms with Crippen molar-refractivity contribution in [2.75, 3.05) is 0 Å². The van der Waals surface area contributed by atoms with Gasteiger partial charge in [0.05, 0.1) is 6.54 Å². The zero-order chi connectivity index (χ0) is 11.7. The summed E-state index contributed by atoms with van der Waals surface area (Å²) in [5.41, 5.74) is 0.264. The van der Waals surface area contributed by atoms with Crippen LogP contribution in [-0.2, 0) is 6.54 Å². The highest BCUT2D eigenvalue weighted by molar-refractivity contribution is 9.10. The zero-order valence-corrected chi connectivity index (χ0v) is 10.9. The first-order chi connectivity index (χ1) is 7.56. The number of hydrogen-bond donors (Lipinski definition) is 1. The van der Waals surface area contributed by atoms with Crippen molar-refractivity contribution in [1.29, 1.82) is 0 Å². The number of aryl methyl sites for hydroxylation is 1. The van der Waals surface area contributed by atoms with Crippen molar-refractivity contribution in [3.05, 3.63) is 38.5 Å². The molecule has 84 valence electrons. The fraction of sp³-hybridized carbons (Fsp3) is 0.200. The van der Waals surface area contributed by atoms with Crippen LogP contribution in [0.5, 0.6) is 0 Å². The molecule has 0 radical (unpaired) electrons. The first-order valence-corrected chi connectivity index (χ1v) is 6.17. The lowest BCUT2D eigenvalue weighted by Crippen LogP contribution is -2.08. The summed E-state index contributed by atoms with van der Waals surface area (Å²) in [7, 11) is 0. The minimum atomic E-state index is -0.932. The van der Waals surface area contributed by atoms with E-state index in [2.05, 4.69) is 20.9 Å². The first-order valence-electron chi connectivity index (χ1n) is 4.56. The van der Waals surface area contributed by atoms with Crippen molar-refractivity contribution in [3.8, 4) is 0 Å². The lowest BCUT2D eigenvalue weighted by Gasteiger charge is -2.02. The molecule has 0 spiro atoms. The van der Waals surface area contributed by atoms with Crippen molar-refractivity contribution in [3.63, 3.8) is 0 Å². The quantitative estimate of drug-likeness (QED) is 0.948. The highest BCUT2D eigenvalue weighted by Gasteiger charge is 2.12. The Labute approximate surface area is 105 Å². The molecule has 2 aromatic rings. The van der Waals surface area contributed by atoms with Crippen LogP contribution in [0.2, 0.25) is 0 Å². The Bertz CT molecular complexity index is 533. The zero-order valence-electron chi connectivity index (χ0n) is 8.48. The highest BCUT2D eigenvalue weighted by atomic mass is 79.9. The summed E-state index contributed by atoms with van der Waals surface area (Å²) in [6, 6.07) is 1.59. The van der Waals surface area contributed by atoms with Crippen molar-refractivity contribution >= 4 is 33.2 Å². The number of hydrogen-bond acceptors (Lipinski definition) is 3. The Hall–Kier alpha value is -1.14. The van der Waals surface area contributed by atoms with E-state index < -0.39 is 5.97 Å². The van der Waals surface area contributed by atoms with Crippen LogP contribution < -0.4 is 0 Å². The van der Waals surface area contributed by atoms with Crippen LogP contribution in [0.25, 0.3) is 0 Å². The number of thiazole rings is 1. The van der Waals surface area contributed by atoms with E-state index in [1.54, 1.807) is 34.4 Å². The van der Waals surface area contributed by atoms with E-state index in [0.717, 1.165) is 14.4 Å². The van der Waals surface area contributed by atoms with Crippen LogP contribution in [0.4, 0.5) is 0 Å². The number of halogens is 1. The maximum absolute atomic E-state index is 11.0. The summed E-state index contributed by atoms with van der Waals surface area (Å²) in [4.78, 5) is 16.3. The van der Waals surface area contributed by atoms with Gasteiger partial charge < -0.3 is 9.67 Å². The normalized spacial score (nSPS) is 10.6. The van der Waals surface area contributed by atoms with Gasteiger partial charge in [-0.1, -0.05) is 0 Å². The predicted octanol–water partition coefficient (Wildman–Crippen LogP) is 2.76. The van der Waals surface area contributed by atoms with Crippen molar-refractivity contribution in [1.82, 2.24) is 9.55 Å². The summed E-state index contributed by atoms with van der Waals surface area (Å²) in [5.74, 6) is -0.932. The van der Waals surface area contributed by atoms with Crippen molar-refractivity contribution < 1.29 is 9.90 Å². The second-order valence-electron chi connectivity index (χ2n) is 3.34. The topological polar surface area (TPSA) is 55.1 Å². The molecule has 0 saturated carbocycles. The Balaban J connectivity index is 2.30.